The Balaban J connectivity index is 2.11. The molecule has 0 amide bonds. The number of hydrogen-bond donors (Lipinski definition) is 1. The highest BCUT2D eigenvalue weighted by Gasteiger charge is 2.66. The number of carboxylic acid groups (broad SMARTS) is 1. The Morgan fingerprint density at radius 2 is 1.90 bits per heavy atom. The number of carboxylic acids is 1. The summed E-state index contributed by atoms with van der Waals surface area (Å²) in [5.74, 6) is -0.774. The number of aromatic nitrogens is 2. The van der Waals surface area contributed by atoms with E-state index < -0.39 is 5.97 Å². The summed E-state index contributed by atoms with van der Waals surface area (Å²) in [5.41, 5.74) is 2.38. The minimum Gasteiger partial charge on any atom is -0.481 e. The van der Waals surface area contributed by atoms with Crippen LogP contribution in [0.3, 0.4) is 0 Å². The summed E-state index contributed by atoms with van der Waals surface area (Å²) >= 11 is 1.30. The summed E-state index contributed by atoms with van der Waals surface area (Å²) in [7, 11) is 0. The third-order valence-electron chi connectivity index (χ3n) is 5.09. The average molecular weight is 304 g/mol. The SMILES string of the molecule is CC1(C)C(n2c(SCC(=O)O)nc3ccccc32)C1(C)C. The van der Waals surface area contributed by atoms with Crippen LogP contribution < -0.4 is 0 Å². The van der Waals surface area contributed by atoms with Crippen molar-refractivity contribution in [3.63, 3.8) is 0 Å². The molecule has 0 atom stereocenters. The van der Waals surface area contributed by atoms with Crippen LogP contribution in [0.5, 0.6) is 0 Å². The van der Waals surface area contributed by atoms with Crippen molar-refractivity contribution >= 4 is 28.8 Å². The molecule has 0 unspecified atom stereocenters. The normalized spacial score (nSPS) is 19.8. The van der Waals surface area contributed by atoms with E-state index in [2.05, 4.69) is 43.3 Å². The van der Waals surface area contributed by atoms with E-state index >= 15 is 0 Å². The van der Waals surface area contributed by atoms with Gasteiger partial charge in [-0.1, -0.05) is 51.6 Å². The van der Waals surface area contributed by atoms with Crippen LogP contribution in [0.4, 0.5) is 0 Å². The van der Waals surface area contributed by atoms with Gasteiger partial charge in [-0.3, -0.25) is 4.79 Å². The fraction of sp³-hybridized carbons (Fsp3) is 0.500. The first-order valence-corrected chi connectivity index (χ1v) is 8.07. The highest BCUT2D eigenvalue weighted by Crippen LogP contribution is 2.72. The second-order valence-electron chi connectivity index (χ2n) is 6.78. The van der Waals surface area contributed by atoms with Crippen molar-refractivity contribution < 1.29 is 9.90 Å². The smallest absolute Gasteiger partial charge is 0.313 e. The monoisotopic (exact) mass is 304 g/mol. The molecule has 1 saturated carbocycles. The summed E-state index contributed by atoms with van der Waals surface area (Å²) < 4.78 is 2.24. The first-order chi connectivity index (χ1) is 9.76. The quantitative estimate of drug-likeness (QED) is 0.872. The van der Waals surface area contributed by atoms with Gasteiger partial charge in [0.05, 0.1) is 16.8 Å². The summed E-state index contributed by atoms with van der Waals surface area (Å²) in [6.07, 6.45) is 0. The molecular formula is C16H20N2O2S. The maximum Gasteiger partial charge on any atom is 0.313 e. The molecule has 0 aliphatic heterocycles. The number of benzene rings is 1. The first kappa shape index (κ1) is 14.4. The zero-order valence-corrected chi connectivity index (χ0v) is 13.6. The molecule has 1 aliphatic rings. The number of hydrogen-bond acceptors (Lipinski definition) is 3. The van der Waals surface area contributed by atoms with Gasteiger partial charge in [-0.15, -0.1) is 0 Å². The van der Waals surface area contributed by atoms with Crippen molar-refractivity contribution in [2.75, 3.05) is 5.75 Å². The molecular weight excluding hydrogens is 284 g/mol. The van der Waals surface area contributed by atoms with Crippen molar-refractivity contribution in [1.29, 1.82) is 0 Å². The standard InChI is InChI=1S/C16H20N2O2S/c1-15(2)13(16(15,3)4)18-11-8-6-5-7-10(11)17-14(18)21-9-12(19)20/h5-8,13H,9H2,1-4H3,(H,19,20). The van der Waals surface area contributed by atoms with Gasteiger partial charge in [0.25, 0.3) is 0 Å². The maximum absolute atomic E-state index is 10.9. The highest BCUT2D eigenvalue weighted by atomic mass is 32.2. The van der Waals surface area contributed by atoms with Gasteiger partial charge in [0, 0.05) is 6.04 Å². The maximum atomic E-state index is 10.9. The lowest BCUT2D eigenvalue weighted by Gasteiger charge is -2.10. The number of imidazole rings is 1. The first-order valence-electron chi connectivity index (χ1n) is 7.08. The Morgan fingerprint density at radius 1 is 1.29 bits per heavy atom. The zero-order valence-electron chi connectivity index (χ0n) is 12.8. The van der Waals surface area contributed by atoms with Crippen molar-refractivity contribution in [3.8, 4) is 0 Å². The van der Waals surface area contributed by atoms with E-state index in [1.165, 1.54) is 11.8 Å². The van der Waals surface area contributed by atoms with Crippen LogP contribution in [0.15, 0.2) is 29.4 Å². The number of nitrogens with zero attached hydrogens (tertiary/aromatic N) is 2. The Kier molecular flexibility index (Phi) is 3.10. The van der Waals surface area contributed by atoms with Crippen LogP contribution in [0.1, 0.15) is 33.7 Å². The lowest BCUT2D eigenvalue weighted by atomic mass is 10.0. The number of carbonyl (C=O) groups is 1. The van der Waals surface area contributed by atoms with Gasteiger partial charge in [-0.2, -0.15) is 0 Å². The van der Waals surface area contributed by atoms with Crippen molar-refractivity contribution in [2.45, 2.75) is 38.9 Å². The summed E-state index contributed by atoms with van der Waals surface area (Å²) in [4.78, 5) is 15.5. The predicted octanol–water partition coefficient (Wildman–Crippen LogP) is 3.82. The van der Waals surface area contributed by atoms with Crippen LogP contribution in [-0.4, -0.2) is 26.4 Å². The molecule has 5 heteroatoms. The third-order valence-corrected chi connectivity index (χ3v) is 6.03. The van der Waals surface area contributed by atoms with Crippen LogP contribution >= 0.6 is 11.8 Å². The van der Waals surface area contributed by atoms with Crippen molar-refractivity contribution in [1.82, 2.24) is 9.55 Å². The summed E-state index contributed by atoms with van der Waals surface area (Å²) in [6.45, 7) is 9.05. The molecule has 3 rings (SSSR count). The molecule has 21 heavy (non-hydrogen) atoms. The molecule has 0 spiro atoms. The molecule has 0 radical (unpaired) electrons. The predicted molar refractivity (Wildman–Crippen MR) is 84.7 cm³/mol. The molecule has 1 aliphatic carbocycles. The van der Waals surface area contributed by atoms with Gasteiger partial charge in [0.15, 0.2) is 5.16 Å². The second-order valence-corrected chi connectivity index (χ2v) is 7.72. The van der Waals surface area contributed by atoms with E-state index in [-0.39, 0.29) is 16.6 Å². The van der Waals surface area contributed by atoms with E-state index in [1.807, 2.05) is 18.2 Å². The van der Waals surface area contributed by atoms with E-state index in [1.54, 1.807) is 0 Å². The fourth-order valence-corrected chi connectivity index (χ4v) is 4.07. The molecule has 0 bridgehead atoms. The number of aliphatic carboxylic acids is 1. The molecule has 1 aromatic carbocycles. The Hall–Kier alpha value is -1.49. The molecule has 1 fully saturated rings. The van der Waals surface area contributed by atoms with Gasteiger partial charge in [-0.25, -0.2) is 4.98 Å². The minimum atomic E-state index is -0.812. The van der Waals surface area contributed by atoms with E-state index in [0.717, 1.165) is 16.2 Å². The molecule has 1 heterocycles. The highest BCUT2D eigenvalue weighted by molar-refractivity contribution is 7.99. The van der Waals surface area contributed by atoms with E-state index in [0.29, 0.717) is 6.04 Å². The van der Waals surface area contributed by atoms with Crippen molar-refractivity contribution in [3.05, 3.63) is 24.3 Å². The third kappa shape index (κ3) is 2.06. The molecule has 2 aromatic rings. The number of thioether (sulfide) groups is 1. The zero-order chi connectivity index (χ0) is 15.4. The van der Waals surface area contributed by atoms with Crippen LogP contribution in [0.25, 0.3) is 11.0 Å². The molecule has 112 valence electrons. The molecule has 4 nitrogen and oxygen atoms in total. The van der Waals surface area contributed by atoms with Gasteiger partial charge < -0.3 is 9.67 Å². The van der Waals surface area contributed by atoms with Gasteiger partial charge in [-0.05, 0) is 23.0 Å². The lowest BCUT2D eigenvalue weighted by Crippen LogP contribution is -2.05. The molecule has 1 aromatic heterocycles. The second kappa shape index (κ2) is 4.50. The summed E-state index contributed by atoms with van der Waals surface area (Å²) in [6, 6.07) is 8.37. The lowest BCUT2D eigenvalue weighted by molar-refractivity contribution is -0.133. The fourth-order valence-electron chi connectivity index (χ4n) is 3.31. The number of fused-ring (bicyclic) bond motifs is 1. The topological polar surface area (TPSA) is 55.1 Å². The van der Waals surface area contributed by atoms with Crippen LogP contribution in [-0.2, 0) is 4.79 Å². The largest absolute Gasteiger partial charge is 0.481 e. The minimum absolute atomic E-state index is 0.0386. The van der Waals surface area contributed by atoms with E-state index in [4.69, 9.17) is 5.11 Å². The van der Waals surface area contributed by atoms with Gasteiger partial charge >= 0.3 is 5.97 Å². The van der Waals surface area contributed by atoms with Crippen molar-refractivity contribution in [2.24, 2.45) is 10.8 Å². The number of para-hydroxylation sites is 2. The van der Waals surface area contributed by atoms with Crippen LogP contribution in [0.2, 0.25) is 0 Å². The Bertz CT molecular complexity index is 704. The number of rotatable bonds is 4. The van der Waals surface area contributed by atoms with E-state index in [9.17, 15) is 4.79 Å². The van der Waals surface area contributed by atoms with Crippen LogP contribution in [0, 0.1) is 10.8 Å². The molecule has 1 N–H and O–H groups in total. The Labute approximate surface area is 128 Å². The summed E-state index contributed by atoms with van der Waals surface area (Å²) in [5, 5.41) is 9.75. The van der Waals surface area contributed by atoms with Gasteiger partial charge in [0.1, 0.15) is 0 Å². The van der Waals surface area contributed by atoms with Gasteiger partial charge in [0.2, 0.25) is 0 Å². The molecule has 0 saturated heterocycles. The average Bonchev–Trinajstić information content (AvgIpc) is 2.71. The Morgan fingerprint density at radius 3 is 2.48 bits per heavy atom.